The molecule has 10 aromatic carbocycles. The molecule has 5 heterocycles. The first-order chi connectivity index (χ1) is 70.6. The summed E-state index contributed by atoms with van der Waals surface area (Å²) in [5.74, 6) is 1.88. The maximum absolute atomic E-state index is 12.5. The zero-order valence-electron chi connectivity index (χ0n) is 92.9. The number of pyridine rings is 1. The normalized spacial score (nSPS) is 17.5. The van der Waals surface area contributed by atoms with Gasteiger partial charge in [-0.3, -0.25) is 9.59 Å². The molecule has 0 unspecified atom stereocenters. The maximum atomic E-state index is 12.5. The van der Waals surface area contributed by atoms with Crippen LogP contribution in [-0.2, 0) is 161 Å². The Labute approximate surface area is 899 Å². The summed E-state index contributed by atoms with van der Waals surface area (Å²) in [6.45, 7) is 49.6. The lowest BCUT2D eigenvalue weighted by molar-refractivity contribution is -0.119. The number of rotatable bonds is 34. The number of hydrogen-bond acceptors (Lipinski definition) is 20. The quantitative estimate of drug-likeness (QED) is 0.0339. The Bertz CT molecular complexity index is 6770. The molecule has 150 heavy (non-hydrogen) atoms. The van der Waals surface area contributed by atoms with Gasteiger partial charge in [-0.15, -0.1) is 0 Å². The van der Waals surface area contributed by atoms with E-state index in [0.717, 1.165) is 156 Å². The summed E-state index contributed by atoms with van der Waals surface area (Å²) < 4.78 is 138. The van der Waals surface area contributed by atoms with Gasteiger partial charge in [-0.1, -0.05) is 212 Å². The van der Waals surface area contributed by atoms with E-state index in [4.69, 9.17) is 14.2 Å². The Morgan fingerprint density at radius 3 is 0.960 bits per heavy atom. The van der Waals surface area contributed by atoms with E-state index < -0.39 is 58.7 Å². The zero-order valence-corrected chi connectivity index (χ0v) is 97.0. The first kappa shape index (κ1) is 120. The molecule has 11 aromatic rings. The molecule has 0 radical (unpaired) electrons. The van der Waals surface area contributed by atoms with Crippen molar-refractivity contribution in [3.8, 4) is 0 Å². The number of sulfone groups is 5. The number of carbonyl (C=O) groups excluding carboxylic acids is 2. The largest absolute Gasteiger partial charge is 0.372 e. The average molecular weight is 2140 g/mol. The summed E-state index contributed by atoms with van der Waals surface area (Å²) in [6, 6.07) is 78.8. The van der Waals surface area contributed by atoms with Crippen molar-refractivity contribution in [1.29, 1.82) is 0 Å². The number of aromatic nitrogens is 1. The highest BCUT2D eigenvalue weighted by atomic mass is 32.2. The molecule has 0 saturated carbocycles. The molecule has 15 rings (SSSR count). The van der Waals surface area contributed by atoms with Gasteiger partial charge in [0.15, 0.2) is 55.0 Å². The van der Waals surface area contributed by atoms with E-state index in [0.29, 0.717) is 29.8 Å². The zero-order chi connectivity index (χ0) is 109. The molecule has 0 spiro atoms. The van der Waals surface area contributed by atoms with Crippen LogP contribution in [0.5, 0.6) is 0 Å². The third-order valence-corrected chi connectivity index (χ3v) is 40.5. The Kier molecular flexibility index (Phi) is 43.0. The summed E-state index contributed by atoms with van der Waals surface area (Å²) in [7, 11) is -15.5. The number of carbonyl (C=O) groups is 2. The number of ketones is 2. The maximum Gasteiger partial charge on any atom is 0.193 e. The minimum atomic E-state index is -3.18. The Hall–Kier alpha value is -10.5. The minimum absolute atomic E-state index is 0.0305. The number of hydrogen-bond donors (Lipinski definition) is 0. The number of benzene rings is 10. The van der Waals surface area contributed by atoms with E-state index in [1.54, 1.807) is 83.1 Å². The molecule has 4 aliphatic rings. The van der Waals surface area contributed by atoms with Crippen LogP contribution in [-0.4, -0.2) is 173 Å². The molecule has 4 fully saturated rings. The third-order valence-electron chi connectivity index (χ3n) is 28.8. The van der Waals surface area contributed by atoms with E-state index in [2.05, 4.69) is 179 Å². The summed E-state index contributed by atoms with van der Waals surface area (Å²) in [5.41, 5.74) is 27.3. The molecule has 0 bridgehead atoms. The summed E-state index contributed by atoms with van der Waals surface area (Å²) >= 11 is 0. The molecule has 0 amide bonds. The molecular weight excluding hydrogens is 1970 g/mol. The monoisotopic (exact) mass is 2140 g/mol. The highest BCUT2D eigenvalue weighted by molar-refractivity contribution is 7.92. The van der Waals surface area contributed by atoms with Crippen LogP contribution >= 0.6 is 0 Å². The standard InChI is InChI=1S/2C26H37NO3S.C26H28O3S.C24H31NO3S.C23H32N2O3S/c1-18(2)31(28,29)17-24-10-7-23(8-11-24)9-12-25-13-19(3)26(20(4)14-25)27-15-21(5)30-22(6)16-27;1-18(2)31(28,29)17-24-9-7-23(8-10-24)11-12-25-13-14-26(22(6)21(25)5)27-15-19(3)30-20(4)16-27;1-26(2,3)30(28,29)19-22-13-11-20(12-14-22)9-10-21-15-17-24(18-16-21)25(27)23-7-5-4-6-8-23;1-24(2,3)29(27,28)18-21-8-6-19(7-9-21)4-5-20-10-12-22(13-11-20)25-16-14-23(26)15-17-25;1-17(2)29(26,27)16-22-9-6-20(7-10-22)5-8-21-11-12-23(24-13-21)25-14-18(3)28-19(4)15-25/h7-8,10-11,13-14,18,21-22H,9,12,15-17H2,1-6H3;7-10,13-14,18-20H,11-12,15-17H2,1-6H3;4-8,11-18H,9-10,19H2,1-3H3;6-13H,4-5,14-18H2,1-3H3;6-7,9-13,17-19H,5,8,14-16H2,1-4H3/t21-,22+;19-,20+;;;18-,19+. The van der Waals surface area contributed by atoms with Crippen molar-refractivity contribution in [2.75, 3.05) is 72.0 Å². The van der Waals surface area contributed by atoms with Gasteiger partial charge in [0.2, 0.25) is 0 Å². The van der Waals surface area contributed by atoms with Crippen molar-refractivity contribution < 1.29 is 65.9 Å². The number of morpholine rings is 3. The predicted octanol–water partition coefficient (Wildman–Crippen LogP) is 23.6. The van der Waals surface area contributed by atoms with Crippen molar-refractivity contribution >= 4 is 83.6 Å². The number of Topliss-reactive ketones (excluding diaryl/α,β-unsaturated/α-hetero) is 1. The second kappa shape index (κ2) is 53.9. The van der Waals surface area contributed by atoms with Gasteiger partial charge >= 0.3 is 0 Å². The van der Waals surface area contributed by atoms with Crippen LogP contribution in [0.1, 0.15) is 259 Å². The summed E-state index contributed by atoms with van der Waals surface area (Å²) in [6.07, 6.45) is 13.9. The number of piperidine rings is 1. The first-order valence-corrected chi connectivity index (χ1v) is 62.0. The van der Waals surface area contributed by atoms with E-state index in [1.165, 1.54) is 89.4 Å². The number of aryl methyl sites for hydroxylation is 12. The molecule has 4 aliphatic heterocycles. The van der Waals surface area contributed by atoms with Gasteiger partial charge in [0.05, 0.1) is 90.6 Å². The Balaban J connectivity index is 0.000000178. The van der Waals surface area contributed by atoms with Crippen LogP contribution in [0.2, 0.25) is 0 Å². The van der Waals surface area contributed by atoms with Gasteiger partial charge in [0.1, 0.15) is 11.6 Å². The highest BCUT2D eigenvalue weighted by Gasteiger charge is 2.33. The number of anilines is 4. The lowest BCUT2D eigenvalue weighted by atomic mass is 9.95. The summed E-state index contributed by atoms with van der Waals surface area (Å²) in [5, 5.41) is -1.03. The second-order valence-electron chi connectivity index (χ2n) is 44.6. The molecular formula is C125H165N5O15S5. The van der Waals surface area contributed by atoms with Crippen LogP contribution < -0.4 is 19.6 Å². The number of ether oxygens (including phenoxy) is 3. The van der Waals surface area contributed by atoms with Crippen LogP contribution in [0.4, 0.5) is 22.9 Å². The fraction of sp³-hybridized carbons (Fsp3) is 0.464. The molecule has 1 aromatic heterocycles. The smallest absolute Gasteiger partial charge is 0.193 e. The predicted molar refractivity (Wildman–Crippen MR) is 619 cm³/mol. The third kappa shape index (κ3) is 36.1. The Morgan fingerprint density at radius 2 is 0.620 bits per heavy atom. The first-order valence-electron chi connectivity index (χ1n) is 53.5. The minimum Gasteiger partial charge on any atom is -0.372 e. The van der Waals surface area contributed by atoms with Crippen molar-refractivity contribution in [2.24, 2.45) is 0 Å². The summed E-state index contributed by atoms with van der Waals surface area (Å²) in [4.78, 5) is 38.0. The van der Waals surface area contributed by atoms with Crippen molar-refractivity contribution in [3.63, 3.8) is 0 Å². The highest BCUT2D eigenvalue weighted by Crippen LogP contribution is 2.35. The van der Waals surface area contributed by atoms with Gasteiger partial charge in [-0.25, -0.2) is 47.1 Å². The molecule has 20 nitrogen and oxygen atoms in total. The van der Waals surface area contributed by atoms with Gasteiger partial charge in [-0.05, 0) is 347 Å². The lowest BCUT2D eigenvalue weighted by Gasteiger charge is -2.38. The van der Waals surface area contributed by atoms with Crippen LogP contribution in [0.25, 0.3) is 0 Å². The van der Waals surface area contributed by atoms with Crippen molar-refractivity contribution in [2.45, 2.75) is 320 Å². The molecule has 6 atom stereocenters. The van der Waals surface area contributed by atoms with Crippen LogP contribution in [0.3, 0.4) is 0 Å². The number of nitrogens with zero attached hydrogens (tertiary/aromatic N) is 5. The van der Waals surface area contributed by atoms with E-state index in [-0.39, 0.29) is 86.9 Å². The SMILES string of the molecule is CC(C)(C)S(=O)(=O)Cc1ccc(CCc2ccc(C(=O)c3ccccc3)cc2)cc1.CC(C)(C)S(=O)(=O)Cc1ccc(CCc2ccc(N3CCC(=O)CC3)cc2)cc1.CC(C)S(=O)(=O)Cc1ccc(CCc2ccc(N3C[C@@H](C)O[C@@H](C)C3)nc2)cc1.Cc1c(CCc2ccc(CS(=O)(=O)C(C)C)cc2)ccc(N2C[C@@H](C)O[C@@H](C)C2)c1C.Cc1cc(CCc2ccc(CS(=O)(=O)C(C)C)cc2)cc(C)c1N1C[C@@H](C)O[C@@H](C)C1. The van der Waals surface area contributed by atoms with E-state index in [1.807, 2.05) is 158 Å². The lowest BCUT2D eigenvalue weighted by Crippen LogP contribution is -2.46. The topological polar surface area (TPSA) is 258 Å². The Morgan fingerprint density at radius 1 is 0.327 bits per heavy atom. The van der Waals surface area contributed by atoms with E-state index in [9.17, 15) is 51.7 Å². The van der Waals surface area contributed by atoms with Gasteiger partial charge in [0, 0.05) is 99.6 Å². The van der Waals surface area contributed by atoms with Crippen molar-refractivity contribution in [3.05, 3.63) is 360 Å². The average Bonchev–Trinajstić information content (AvgIpc) is 0.836. The fourth-order valence-electron chi connectivity index (χ4n) is 19.0. The second-order valence-corrected chi connectivity index (χ2v) is 57.7. The fourth-order valence-corrected chi connectivity index (χ4v) is 24.1. The molecule has 0 aliphatic carbocycles. The molecule has 0 N–H and O–H groups in total. The molecule has 4 saturated heterocycles. The molecule has 25 heteroatoms. The molecule has 810 valence electrons. The van der Waals surface area contributed by atoms with E-state index >= 15 is 0 Å². The van der Waals surface area contributed by atoms with Gasteiger partial charge in [-0.2, -0.15) is 0 Å². The van der Waals surface area contributed by atoms with Gasteiger partial charge in [0.25, 0.3) is 0 Å². The van der Waals surface area contributed by atoms with Crippen molar-refractivity contribution in [1.82, 2.24) is 4.98 Å². The van der Waals surface area contributed by atoms with Crippen LogP contribution in [0.15, 0.2) is 243 Å². The van der Waals surface area contributed by atoms with Crippen LogP contribution in [0, 0.1) is 27.7 Å². The van der Waals surface area contributed by atoms with Gasteiger partial charge < -0.3 is 33.8 Å².